The average molecular weight is 312 g/mol. The summed E-state index contributed by atoms with van der Waals surface area (Å²) in [4.78, 5) is 20.8. The summed E-state index contributed by atoms with van der Waals surface area (Å²) < 4.78 is 63.0. The van der Waals surface area contributed by atoms with Crippen molar-refractivity contribution in [2.24, 2.45) is 0 Å². The van der Waals surface area contributed by atoms with E-state index in [4.69, 9.17) is 0 Å². The third-order valence-corrected chi connectivity index (χ3v) is 2.37. The van der Waals surface area contributed by atoms with Crippen LogP contribution in [0, 0.1) is 21.7 Å². The normalized spacial score (nSPS) is 12.9. The van der Waals surface area contributed by atoms with E-state index in [9.17, 15) is 36.9 Å². The van der Waals surface area contributed by atoms with Gasteiger partial charge in [-0.1, -0.05) is 0 Å². The van der Waals surface area contributed by atoms with E-state index in [0.29, 0.717) is 6.07 Å². The molecule has 5 nitrogen and oxygen atoms in total. The van der Waals surface area contributed by atoms with Gasteiger partial charge in [-0.3, -0.25) is 14.9 Å². The van der Waals surface area contributed by atoms with Gasteiger partial charge >= 0.3 is 11.9 Å². The third kappa shape index (κ3) is 4.65. The monoisotopic (exact) mass is 312 g/mol. The molecule has 1 amide bonds. The van der Waals surface area contributed by atoms with Crippen LogP contribution < -0.4 is 5.32 Å². The molecule has 0 spiro atoms. The van der Waals surface area contributed by atoms with E-state index in [0.717, 1.165) is 6.92 Å². The van der Waals surface area contributed by atoms with E-state index in [1.807, 2.05) is 0 Å². The highest BCUT2D eigenvalue weighted by atomic mass is 19.4. The predicted molar refractivity (Wildman–Crippen MR) is 60.6 cm³/mol. The molecule has 0 bridgehead atoms. The Balaban J connectivity index is 3.00. The highest BCUT2D eigenvalue weighted by molar-refractivity contribution is 5.95. The molecule has 0 saturated carbocycles. The Bertz CT molecular complexity index is 574. The molecule has 1 unspecified atom stereocenters. The SMILES string of the molecule is CC(CC(F)(F)F)NC(=O)c1cc(F)cc([N+](=O)[O-])c1F. The number of nitro benzene ring substituents is 1. The number of nitrogens with one attached hydrogen (secondary N) is 1. The van der Waals surface area contributed by atoms with Crippen molar-refractivity contribution in [3.63, 3.8) is 0 Å². The summed E-state index contributed by atoms with van der Waals surface area (Å²) in [6, 6.07) is -0.761. The van der Waals surface area contributed by atoms with Gasteiger partial charge in [0, 0.05) is 6.04 Å². The number of alkyl halides is 3. The van der Waals surface area contributed by atoms with Crippen molar-refractivity contribution in [1.82, 2.24) is 5.32 Å². The minimum atomic E-state index is -4.56. The molecule has 0 radical (unpaired) electrons. The van der Waals surface area contributed by atoms with Gasteiger partial charge in [0.15, 0.2) is 0 Å². The molecule has 0 aliphatic rings. The molecule has 1 rings (SSSR count). The smallest absolute Gasteiger partial charge is 0.349 e. The van der Waals surface area contributed by atoms with Gasteiger partial charge in [0.25, 0.3) is 5.91 Å². The minimum absolute atomic E-state index is 0.269. The summed E-state index contributed by atoms with van der Waals surface area (Å²) in [5.74, 6) is -4.23. The van der Waals surface area contributed by atoms with Gasteiger partial charge < -0.3 is 5.32 Å². The Morgan fingerprint density at radius 2 is 1.95 bits per heavy atom. The molecular formula is C11H9F5N2O3. The zero-order valence-corrected chi connectivity index (χ0v) is 10.5. The summed E-state index contributed by atoms with van der Waals surface area (Å²) in [6.45, 7) is 1.01. The molecule has 1 atom stereocenters. The third-order valence-electron chi connectivity index (χ3n) is 2.37. The summed E-state index contributed by atoms with van der Waals surface area (Å²) in [7, 11) is 0. The van der Waals surface area contributed by atoms with Crippen LogP contribution in [-0.2, 0) is 0 Å². The number of benzene rings is 1. The van der Waals surface area contributed by atoms with Crippen LogP contribution in [0.25, 0.3) is 0 Å². The van der Waals surface area contributed by atoms with E-state index in [1.165, 1.54) is 0 Å². The summed E-state index contributed by atoms with van der Waals surface area (Å²) in [5.41, 5.74) is -2.31. The molecule has 21 heavy (non-hydrogen) atoms. The van der Waals surface area contributed by atoms with Crippen molar-refractivity contribution in [1.29, 1.82) is 0 Å². The molecule has 0 saturated heterocycles. The number of nitro groups is 1. The molecule has 1 N–H and O–H groups in total. The minimum Gasteiger partial charge on any atom is -0.349 e. The molecule has 1 aromatic carbocycles. The van der Waals surface area contributed by atoms with E-state index in [-0.39, 0.29) is 6.07 Å². The number of hydrogen-bond acceptors (Lipinski definition) is 3. The maximum absolute atomic E-state index is 13.7. The maximum Gasteiger partial charge on any atom is 0.391 e. The van der Waals surface area contributed by atoms with Crippen LogP contribution in [0.4, 0.5) is 27.6 Å². The van der Waals surface area contributed by atoms with Crippen molar-refractivity contribution in [3.8, 4) is 0 Å². The fraction of sp³-hybridized carbons (Fsp3) is 0.364. The number of nitrogens with zero attached hydrogens (tertiary/aromatic N) is 1. The molecule has 1 aromatic rings. The van der Waals surface area contributed by atoms with Crippen LogP contribution in [0.5, 0.6) is 0 Å². The first-order chi connectivity index (χ1) is 9.51. The van der Waals surface area contributed by atoms with E-state index in [2.05, 4.69) is 0 Å². The molecule has 0 aliphatic carbocycles. The Morgan fingerprint density at radius 1 is 1.38 bits per heavy atom. The number of hydrogen-bond donors (Lipinski definition) is 1. The molecular weight excluding hydrogens is 303 g/mol. The first-order valence-electron chi connectivity index (χ1n) is 5.52. The second-order valence-electron chi connectivity index (χ2n) is 4.24. The lowest BCUT2D eigenvalue weighted by Gasteiger charge is -2.16. The highest BCUT2D eigenvalue weighted by Gasteiger charge is 2.31. The van der Waals surface area contributed by atoms with Gasteiger partial charge in [0.2, 0.25) is 5.82 Å². The zero-order chi connectivity index (χ0) is 16.4. The van der Waals surface area contributed by atoms with Crippen molar-refractivity contribution < 1.29 is 31.7 Å². The van der Waals surface area contributed by atoms with Gasteiger partial charge in [0.05, 0.1) is 23.0 Å². The fourth-order valence-corrected chi connectivity index (χ4v) is 1.57. The van der Waals surface area contributed by atoms with Gasteiger partial charge in [-0.25, -0.2) is 4.39 Å². The van der Waals surface area contributed by atoms with Crippen LogP contribution in [0.1, 0.15) is 23.7 Å². The van der Waals surface area contributed by atoms with Crippen LogP contribution in [0.2, 0.25) is 0 Å². The van der Waals surface area contributed by atoms with Crippen LogP contribution in [0.15, 0.2) is 12.1 Å². The van der Waals surface area contributed by atoms with E-state index >= 15 is 0 Å². The first-order valence-corrected chi connectivity index (χ1v) is 5.52. The van der Waals surface area contributed by atoms with Crippen LogP contribution in [0.3, 0.4) is 0 Å². The second-order valence-corrected chi connectivity index (χ2v) is 4.24. The second kappa shape index (κ2) is 6.02. The quantitative estimate of drug-likeness (QED) is 0.528. The Hall–Kier alpha value is -2.26. The lowest BCUT2D eigenvalue weighted by Crippen LogP contribution is -2.36. The summed E-state index contributed by atoms with van der Waals surface area (Å²) in [6.07, 6.45) is -5.93. The Labute approximate surface area is 114 Å². The molecule has 0 fully saturated rings. The fourth-order valence-electron chi connectivity index (χ4n) is 1.57. The van der Waals surface area contributed by atoms with Crippen LogP contribution >= 0.6 is 0 Å². The maximum atomic E-state index is 13.7. The van der Waals surface area contributed by atoms with Gasteiger partial charge in [0.1, 0.15) is 5.82 Å². The molecule has 116 valence electrons. The number of rotatable bonds is 4. The topological polar surface area (TPSA) is 72.2 Å². The molecule has 0 aliphatic heterocycles. The number of carbonyl (C=O) groups is 1. The van der Waals surface area contributed by atoms with Crippen molar-refractivity contribution in [2.45, 2.75) is 25.6 Å². The first kappa shape index (κ1) is 16.8. The van der Waals surface area contributed by atoms with Gasteiger partial charge in [-0.05, 0) is 13.0 Å². The zero-order valence-electron chi connectivity index (χ0n) is 10.5. The summed E-state index contributed by atoms with van der Waals surface area (Å²) in [5, 5.41) is 12.3. The standard InChI is InChI=1S/C11H9F5N2O3/c1-5(4-11(14,15)16)17-10(19)7-2-6(12)3-8(9(7)13)18(20)21/h2-3,5H,4H2,1H3,(H,17,19). The average Bonchev–Trinajstić information content (AvgIpc) is 2.28. The Morgan fingerprint density at radius 3 is 2.43 bits per heavy atom. The largest absolute Gasteiger partial charge is 0.391 e. The molecule has 0 heterocycles. The number of carbonyl (C=O) groups excluding carboxylic acids is 1. The lowest BCUT2D eigenvalue weighted by atomic mass is 10.1. The number of amides is 1. The molecule has 0 aromatic heterocycles. The van der Waals surface area contributed by atoms with Gasteiger partial charge in [-0.2, -0.15) is 17.6 Å². The number of halogens is 5. The predicted octanol–water partition coefficient (Wildman–Crippen LogP) is 2.94. The van der Waals surface area contributed by atoms with E-state index < -0.39 is 52.4 Å². The van der Waals surface area contributed by atoms with Crippen molar-refractivity contribution in [2.75, 3.05) is 0 Å². The Kier molecular flexibility index (Phi) is 4.81. The van der Waals surface area contributed by atoms with Crippen molar-refractivity contribution >= 4 is 11.6 Å². The van der Waals surface area contributed by atoms with E-state index in [1.54, 1.807) is 5.32 Å². The van der Waals surface area contributed by atoms with Gasteiger partial charge in [-0.15, -0.1) is 0 Å². The van der Waals surface area contributed by atoms with Crippen molar-refractivity contribution in [3.05, 3.63) is 39.4 Å². The molecule has 10 heteroatoms. The van der Waals surface area contributed by atoms with Crippen LogP contribution in [-0.4, -0.2) is 23.0 Å². The highest BCUT2D eigenvalue weighted by Crippen LogP contribution is 2.24. The summed E-state index contributed by atoms with van der Waals surface area (Å²) >= 11 is 0. The lowest BCUT2D eigenvalue weighted by molar-refractivity contribution is -0.387.